The Hall–Kier alpha value is -2.23. The number of rotatable bonds is 25. The SMILES string of the molecule is C=C(C)N.C=C(CC1CCC2(C)C(=CCC3C2CCC2(C)C(C(C)C)CCC32)C1)NCCCC.C=CC.CC(C)CCCC(C)C1CCC2C3CC=C4CC(C)CCC4(C)C3CCC12C.CCC(C)C.CCCCC.CCCCCCCCC(C)CCCC.N=CN. The molecule has 16 atom stereocenters. The maximum atomic E-state index is 5.86. The van der Waals surface area contributed by atoms with Gasteiger partial charge in [0.2, 0.25) is 0 Å². The topological polar surface area (TPSA) is 87.9 Å². The van der Waals surface area contributed by atoms with Crippen molar-refractivity contribution in [2.45, 2.75) is 377 Å². The first-order chi connectivity index (χ1) is 43.6. The fraction of sp³-hybridized carbons (Fsp3) is 0.875. The smallest absolute Gasteiger partial charge is 0.0765 e. The largest absolute Gasteiger partial charge is 0.403 e. The zero-order valence-electron chi connectivity index (χ0n) is 66.4. The number of nitrogens with one attached hydrogen (secondary N) is 2. The predicted molar refractivity (Wildman–Crippen MR) is 417 cm³/mol. The van der Waals surface area contributed by atoms with Crippen molar-refractivity contribution < 1.29 is 0 Å². The normalized spacial score (nSPS) is 31.7. The minimum atomic E-state index is 0.494. The number of hydrogen-bond donors (Lipinski definition) is 4. The van der Waals surface area contributed by atoms with Crippen molar-refractivity contribution in [1.29, 1.82) is 5.41 Å². The van der Waals surface area contributed by atoms with Gasteiger partial charge < -0.3 is 16.8 Å². The van der Waals surface area contributed by atoms with E-state index < -0.39 is 0 Å². The molecule has 0 spiro atoms. The van der Waals surface area contributed by atoms with Gasteiger partial charge in [0.05, 0.1) is 6.34 Å². The Morgan fingerprint density at radius 2 is 1.02 bits per heavy atom. The highest BCUT2D eigenvalue weighted by atomic mass is 14.9. The summed E-state index contributed by atoms with van der Waals surface area (Å²) in [5, 5.41) is 9.45. The summed E-state index contributed by atoms with van der Waals surface area (Å²) < 4.78 is 0. The third-order valence-corrected chi connectivity index (χ3v) is 25.7. The van der Waals surface area contributed by atoms with Crippen LogP contribution in [0.2, 0.25) is 0 Å². The molecule has 0 bridgehead atoms. The van der Waals surface area contributed by atoms with Crippen molar-refractivity contribution in [2.24, 2.45) is 122 Å². The maximum Gasteiger partial charge on any atom is 0.0765 e. The lowest BCUT2D eigenvalue weighted by Crippen LogP contribution is -2.50. The molecule has 4 nitrogen and oxygen atoms in total. The van der Waals surface area contributed by atoms with Crippen molar-refractivity contribution >= 4 is 6.34 Å². The zero-order chi connectivity index (χ0) is 69.7. The molecule has 92 heavy (non-hydrogen) atoms. The third kappa shape index (κ3) is 28.3. The van der Waals surface area contributed by atoms with Gasteiger partial charge >= 0.3 is 0 Å². The van der Waals surface area contributed by atoms with Gasteiger partial charge in [-0.25, -0.2) is 0 Å². The summed E-state index contributed by atoms with van der Waals surface area (Å²) in [6.07, 6.45) is 59.2. The van der Waals surface area contributed by atoms with E-state index in [1.165, 1.54) is 237 Å². The summed E-state index contributed by atoms with van der Waals surface area (Å²) in [5.74, 6) is 14.1. The Morgan fingerprint density at radius 1 is 0.576 bits per heavy atom. The second-order valence-corrected chi connectivity index (χ2v) is 34.4. The Labute approximate surface area is 579 Å². The van der Waals surface area contributed by atoms with Crippen LogP contribution in [0.15, 0.2) is 60.5 Å². The molecule has 6 saturated carbocycles. The van der Waals surface area contributed by atoms with Crippen LogP contribution >= 0.6 is 0 Å². The van der Waals surface area contributed by atoms with Crippen LogP contribution in [0.4, 0.5) is 0 Å². The highest BCUT2D eigenvalue weighted by molar-refractivity contribution is 5.46. The molecule has 6 fully saturated rings. The summed E-state index contributed by atoms with van der Waals surface area (Å²) in [4.78, 5) is 0. The van der Waals surface area contributed by atoms with Crippen molar-refractivity contribution in [3.63, 3.8) is 0 Å². The van der Waals surface area contributed by atoms with Gasteiger partial charge in [0.15, 0.2) is 0 Å². The fourth-order valence-corrected chi connectivity index (χ4v) is 20.1. The lowest BCUT2D eigenvalue weighted by Gasteiger charge is -2.58. The van der Waals surface area contributed by atoms with Gasteiger partial charge in [-0.15, -0.1) is 6.58 Å². The lowest BCUT2D eigenvalue weighted by molar-refractivity contribution is -0.0523. The average molecular weight is 1280 g/mol. The molecular weight excluding hydrogens is 1110 g/mol. The molecule has 540 valence electrons. The van der Waals surface area contributed by atoms with Crippen LogP contribution in [0.5, 0.6) is 0 Å². The molecule has 8 aliphatic carbocycles. The van der Waals surface area contributed by atoms with Crippen molar-refractivity contribution in [3.05, 3.63) is 60.5 Å². The first-order valence-corrected chi connectivity index (χ1v) is 40.6. The Bertz CT molecular complexity index is 2000. The molecule has 0 aromatic carbocycles. The standard InChI is InChI=1S/C29H49N.C28H48.C14H30.2C5H12.C3H7N.C3H6.CH4N2/c1-7-8-17-30-21(4)18-22-13-15-28(5)23(19-22)9-10-24-26-12-11-25(20(2)3)29(26,6)16-14-27(24)28;1-19(2)8-7-9-21(4)24-12-13-25-23-11-10-22-18-20(3)14-16-27(22,5)26(23)15-17-28(24,25)6;1-4-6-8-9-10-11-13-14(3)12-7-5-2;1-4-5(2)3;1-3-5-4-2;1-3(2)4;1-3-2;2-1-3/h9,20,22,24-27,30H,4,7-8,10-19H2,1-3,5-6H3;10,19-21,23-26H,7-9,11-18H2,1-6H3;14H,4-13H2,1-3H3;5H,4H2,1-3H3;3-5H2,1-2H3;1,4H2,2H3;3H,1H2,2H3;1H,(H3,2,3). The Kier molecular flexibility index (Phi) is 44.7. The van der Waals surface area contributed by atoms with E-state index in [4.69, 9.17) is 11.1 Å². The Balaban J connectivity index is 0.000000623. The number of unbranched alkanes of at least 4 members (excludes halogenated alkanes) is 9. The molecule has 0 radical (unpaired) electrons. The third-order valence-electron chi connectivity index (χ3n) is 25.7. The van der Waals surface area contributed by atoms with E-state index in [0.29, 0.717) is 27.4 Å². The summed E-state index contributed by atoms with van der Waals surface area (Å²) in [7, 11) is 0. The van der Waals surface area contributed by atoms with Crippen LogP contribution in [0.25, 0.3) is 0 Å². The van der Waals surface area contributed by atoms with Crippen LogP contribution in [-0.4, -0.2) is 12.9 Å². The van der Waals surface area contributed by atoms with Crippen LogP contribution in [0.3, 0.4) is 0 Å². The van der Waals surface area contributed by atoms with Gasteiger partial charge in [-0.2, -0.15) is 0 Å². The van der Waals surface area contributed by atoms with Crippen molar-refractivity contribution in [1.82, 2.24) is 5.32 Å². The van der Waals surface area contributed by atoms with Crippen molar-refractivity contribution in [2.75, 3.05) is 6.54 Å². The molecule has 0 saturated heterocycles. The number of hydrogen-bond acceptors (Lipinski definition) is 3. The summed E-state index contributed by atoms with van der Waals surface area (Å²) in [6, 6.07) is 0. The summed E-state index contributed by atoms with van der Waals surface area (Å²) in [6.45, 7) is 61.7. The van der Waals surface area contributed by atoms with Gasteiger partial charge in [-0.3, -0.25) is 5.41 Å². The van der Waals surface area contributed by atoms with Crippen LogP contribution in [-0.2, 0) is 0 Å². The van der Waals surface area contributed by atoms with E-state index in [1.807, 2.05) is 18.1 Å². The second-order valence-electron chi connectivity index (χ2n) is 34.4. The van der Waals surface area contributed by atoms with E-state index in [9.17, 15) is 0 Å². The highest BCUT2D eigenvalue weighted by Gasteiger charge is 2.60. The van der Waals surface area contributed by atoms with Gasteiger partial charge in [0.25, 0.3) is 0 Å². The second kappa shape index (κ2) is 46.9. The number of nitrogens with two attached hydrogens (primary N) is 2. The van der Waals surface area contributed by atoms with Gasteiger partial charge in [0.1, 0.15) is 0 Å². The molecule has 8 rings (SSSR count). The summed E-state index contributed by atoms with van der Waals surface area (Å²) in [5.41, 5.74) is 17.3. The van der Waals surface area contributed by atoms with Gasteiger partial charge in [0, 0.05) is 12.2 Å². The molecule has 8 aliphatic rings. The fourth-order valence-electron chi connectivity index (χ4n) is 20.1. The molecular formula is C88H168N4. The van der Waals surface area contributed by atoms with E-state index >= 15 is 0 Å². The monoisotopic (exact) mass is 1280 g/mol. The minimum Gasteiger partial charge on any atom is -0.403 e. The quantitative estimate of drug-likeness (QED) is 0.0318. The number of allylic oxidation sites excluding steroid dienone is 7. The molecule has 0 aromatic heterocycles. The Morgan fingerprint density at radius 3 is 1.49 bits per heavy atom. The van der Waals surface area contributed by atoms with Crippen LogP contribution in [0, 0.1) is 116 Å². The lowest BCUT2D eigenvalue weighted by atomic mass is 9.46. The highest BCUT2D eigenvalue weighted by Crippen LogP contribution is 2.69. The average Bonchev–Trinajstić information content (AvgIpc) is 1.36. The van der Waals surface area contributed by atoms with E-state index in [1.54, 1.807) is 13.0 Å². The molecule has 0 aliphatic heterocycles. The number of fused-ring (bicyclic) bond motifs is 10. The first-order valence-electron chi connectivity index (χ1n) is 40.6. The summed E-state index contributed by atoms with van der Waals surface area (Å²) >= 11 is 0. The van der Waals surface area contributed by atoms with Crippen molar-refractivity contribution in [3.8, 4) is 0 Å². The van der Waals surface area contributed by atoms with E-state index in [-0.39, 0.29) is 0 Å². The molecule has 0 heterocycles. The molecule has 16 unspecified atom stereocenters. The van der Waals surface area contributed by atoms with Gasteiger partial charge in [-0.1, -0.05) is 290 Å². The minimum absolute atomic E-state index is 0.494. The van der Waals surface area contributed by atoms with E-state index in [2.05, 4.69) is 174 Å². The first kappa shape index (κ1) is 87.8. The van der Waals surface area contributed by atoms with Gasteiger partial charge in [-0.05, 0) is 246 Å². The molecule has 6 N–H and O–H groups in total. The molecule has 0 aromatic rings. The molecule has 4 heteroatoms. The molecule has 0 amide bonds. The predicted octanol–water partition coefficient (Wildman–Crippen LogP) is 27.8. The zero-order valence-corrected chi connectivity index (χ0v) is 66.4. The van der Waals surface area contributed by atoms with Crippen LogP contribution in [0.1, 0.15) is 377 Å². The van der Waals surface area contributed by atoms with E-state index in [0.717, 1.165) is 102 Å². The maximum absolute atomic E-state index is 5.86. The van der Waals surface area contributed by atoms with Crippen LogP contribution < -0.4 is 16.8 Å².